The summed E-state index contributed by atoms with van der Waals surface area (Å²) in [5, 5.41) is 3.36. The lowest BCUT2D eigenvalue weighted by molar-refractivity contribution is 0.0539. The third-order valence-electron chi connectivity index (χ3n) is 6.55. The molecule has 7 nitrogen and oxygen atoms in total. The van der Waals surface area contributed by atoms with Crippen molar-refractivity contribution in [2.24, 2.45) is 5.92 Å². The zero-order valence-corrected chi connectivity index (χ0v) is 19.3. The minimum atomic E-state index is 0.0409. The van der Waals surface area contributed by atoms with Gasteiger partial charge in [0.25, 0.3) is 11.9 Å². The quantitative estimate of drug-likeness (QED) is 0.471. The summed E-state index contributed by atoms with van der Waals surface area (Å²) in [5.74, 6) is 0.414. The SMILES string of the molecule is Cc1ccc(-n2ccnc2)c(C(=O)N2CCC[C@@H](C)[C@H]2CNc2nc3cc(C)ccc3o2)c1. The number of amides is 1. The van der Waals surface area contributed by atoms with E-state index in [1.54, 1.807) is 12.5 Å². The Morgan fingerprint density at radius 3 is 2.82 bits per heavy atom. The molecule has 1 saturated heterocycles. The minimum absolute atomic E-state index is 0.0409. The Morgan fingerprint density at radius 2 is 2.00 bits per heavy atom. The Hall–Kier alpha value is -3.61. The van der Waals surface area contributed by atoms with Gasteiger partial charge in [-0.05, 0) is 62.4 Å². The van der Waals surface area contributed by atoms with Crippen LogP contribution in [-0.4, -0.2) is 44.5 Å². The van der Waals surface area contributed by atoms with E-state index < -0.39 is 0 Å². The molecule has 0 unspecified atom stereocenters. The fourth-order valence-corrected chi connectivity index (χ4v) is 4.72. The lowest BCUT2D eigenvalue weighted by Gasteiger charge is -2.40. The highest BCUT2D eigenvalue weighted by molar-refractivity contribution is 5.98. The van der Waals surface area contributed by atoms with Crippen LogP contribution in [0, 0.1) is 19.8 Å². The predicted octanol–water partition coefficient (Wildman–Crippen LogP) is 4.98. The first-order valence-corrected chi connectivity index (χ1v) is 11.5. The van der Waals surface area contributed by atoms with Crippen molar-refractivity contribution in [3.05, 3.63) is 71.8 Å². The molecule has 4 aromatic rings. The number of piperidine rings is 1. The van der Waals surface area contributed by atoms with Crippen LogP contribution in [0.4, 0.5) is 6.01 Å². The average Bonchev–Trinajstić information content (AvgIpc) is 3.47. The number of hydrogen-bond donors (Lipinski definition) is 1. The maximum atomic E-state index is 13.8. The molecule has 170 valence electrons. The largest absolute Gasteiger partial charge is 0.424 e. The van der Waals surface area contributed by atoms with Crippen molar-refractivity contribution in [1.29, 1.82) is 0 Å². The summed E-state index contributed by atoms with van der Waals surface area (Å²) in [4.78, 5) is 24.6. The molecular weight excluding hydrogens is 414 g/mol. The zero-order valence-electron chi connectivity index (χ0n) is 19.3. The summed E-state index contributed by atoms with van der Waals surface area (Å²) in [6, 6.07) is 12.5. The van der Waals surface area contributed by atoms with Crippen LogP contribution in [0.15, 0.2) is 59.5 Å². The van der Waals surface area contributed by atoms with Crippen molar-refractivity contribution in [2.75, 3.05) is 18.4 Å². The van der Waals surface area contributed by atoms with Crippen LogP contribution in [0.1, 0.15) is 41.3 Å². The smallest absolute Gasteiger partial charge is 0.295 e. The van der Waals surface area contributed by atoms with Gasteiger partial charge in [0.05, 0.1) is 23.6 Å². The third-order valence-corrected chi connectivity index (χ3v) is 6.55. The molecule has 2 atom stereocenters. The van der Waals surface area contributed by atoms with Gasteiger partial charge in [-0.2, -0.15) is 4.98 Å². The number of imidazole rings is 1. The molecule has 1 aliphatic heterocycles. The van der Waals surface area contributed by atoms with Crippen LogP contribution >= 0.6 is 0 Å². The summed E-state index contributed by atoms with van der Waals surface area (Å²) in [7, 11) is 0. The zero-order chi connectivity index (χ0) is 22.9. The highest BCUT2D eigenvalue weighted by Gasteiger charge is 2.33. The van der Waals surface area contributed by atoms with Gasteiger partial charge < -0.3 is 19.2 Å². The highest BCUT2D eigenvalue weighted by Crippen LogP contribution is 2.28. The van der Waals surface area contributed by atoms with Gasteiger partial charge >= 0.3 is 0 Å². The van der Waals surface area contributed by atoms with Crippen LogP contribution in [0.3, 0.4) is 0 Å². The van der Waals surface area contributed by atoms with Gasteiger partial charge in [0, 0.05) is 25.5 Å². The van der Waals surface area contributed by atoms with E-state index in [9.17, 15) is 4.79 Å². The molecular formula is C26H29N5O2. The fourth-order valence-electron chi connectivity index (χ4n) is 4.72. The number of oxazole rings is 1. The van der Waals surface area contributed by atoms with Crippen molar-refractivity contribution >= 4 is 23.0 Å². The second-order valence-electron chi connectivity index (χ2n) is 9.05. The molecule has 0 spiro atoms. The molecule has 1 N–H and O–H groups in total. The highest BCUT2D eigenvalue weighted by atomic mass is 16.4. The number of carbonyl (C=O) groups excluding carboxylic acids is 1. The van der Waals surface area contributed by atoms with Crippen molar-refractivity contribution in [1.82, 2.24) is 19.4 Å². The normalized spacial score (nSPS) is 18.6. The molecule has 2 aromatic heterocycles. The number of anilines is 1. The monoisotopic (exact) mass is 443 g/mol. The first-order chi connectivity index (χ1) is 16.0. The molecule has 5 rings (SSSR count). The van der Waals surface area contributed by atoms with Crippen LogP contribution in [0.25, 0.3) is 16.8 Å². The number of carbonyl (C=O) groups is 1. The van der Waals surface area contributed by atoms with E-state index in [4.69, 9.17) is 4.42 Å². The number of hydrogen-bond acceptors (Lipinski definition) is 5. The van der Waals surface area contributed by atoms with Gasteiger partial charge in [0.15, 0.2) is 5.58 Å². The van der Waals surface area contributed by atoms with Crippen molar-refractivity contribution < 1.29 is 9.21 Å². The van der Waals surface area contributed by atoms with Crippen LogP contribution < -0.4 is 5.32 Å². The Labute approximate surface area is 193 Å². The van der Waals surface area contributed by atoms with E-state index in [2.05, 4.69) is 22.2 Å². The second kappa shape index (κ2) is 8.73. The molecule has 7 heteroatoms. The Morgan fingerprint density at radius 1 is 1.18 bits per heavy atom. The van der Waals surface area contributed by atoms with E-state index >= 15 is 0 Å². The predicted molar refractivity (Wildman–Crippen MR) is 129 cm³/mol. The number of nitrogens with zero attached hydrogens (tertiary/aromatic N) is 4. The van der Waals surface area contributed by atoms with Gasteiger partial charge in [-0.15, -0.1) is 0 Å². The standard InChI is InChI=1S/C26H29N5O2/c1-17-6-8-22(30-12-10-27-16-30)20(13-17)25(32)31-11-4-5-19(3)23(31)15-28-26-29-21-14-18(2)7-9-24(21)33-26/h6-10,12-14,16,19,23H,4-5,11,15H2,1-3H3,(H,28,29)/t19-,23-/m1/s1. The maximum Gasteiger partial charge on any atom is 0.295 e. The van der Waals surface area contributed by atoms with Crippen LogP contribution in [0.2, 0.25) is 0 Å². The lowest BCUT2D eigenvalue weighted by atomic mass is 9.90. The molecule has 0 aliphatic carbocycles. The second-order valence-corrected chi connectivity index (χ2v) is 9.05. The van der Waals surface area contributed by atoms with E-state index in [1.165, 1.54) is 0 Å². The number of rotatable bonds is 5. The van der Waals surface area contributed by atoms with Crippen molar-refractivity contribution in [2.45, 2.75) is 39.7 Å². The van der Waals surface area contributed by atoms with Crippen LogP contribution in [0.5, 0.6) is 0 Å². The summed E-state index contributed by atoms with van der Waals surface area (Å²) >= 11 is 0. The van der Waals surface area contributed by atoms with Crippen molar-refractivity contribution in [3.63, 3.8) is 0 Å². The topological polar surface area (TPSA) is 76.2 Å². The molecule has 1 fully saturated rings. The van der Waals surface area contributed by atoms with Gasteiger partial charge in [0.2, 0.25) is 0 Å². The fraction of sp³-hybridized carbons (Fsp3) is 0.346. The first kappa shape index (κ1) is 21.2. The van der Waals surface area contributed by atoms with Crippen LogP contribution in [-0.2, 0) is 0 Å². The number of likely N-dealkylation sites (tertiary alicyclic amines) is 1. The lowest BCUT2D eigenvalue weighted by Crippen LogP contribution is -2.51. The third kappa shape index (κ3) is 4.23. The Bertz CT molecular complexity index is 1280. The van der Waals surface area contributed by atoms with Gasteiger partial charge in [0.1, 0.15) is 5.52 Å². The number of aryl methyl sites for hydroxylation is 2. The Balaban J connectivity index is 1.40. The first-order valence-electron chi connectivity index (χ1n) is 11.5. The number of aromatic nitrogens is 3. The minimum Gasteiger partial charge on any atom is -0.424 e. The summed E-state index contributed by atoms with van der Waals surface area (Å²) in [6.07, 6.45) is 7.41. The van der Waals surface area contributed by atoms with Gasteiger partial charge in [-0.3, -0.25) is 4.79 Å². The van der Waals surface area contributed by atoms with Gasteiger partial charge in [-0.25, -0.2) is 4.98 Å². The molecule has 0 bridgehead atoms. The van der Waals surface area contributed by atoms with E-state index in [0.717, 1.165) is 47.3 Å². The van der Waals surface area contributed by atoms with E-state index in [1.807, 2.05) is 65.9 Å². The molecule has 1 aliphatic rings. The molecule has 1 amide bonds. The number of benzene rings is 2. The summed E-state index contributed by atoms with van der Waals surface area (Å²) in [6.45, 7) is 7.60. The number of fused-ring (bicyclic) bond motifs is 1. The maximum absolute atomic E-state index is 13.8. The number of nitrogens with one attached hydrogen (secondary N) is 1. The summed E-state index contributed by atoms with van der Waals surface area (Å²) in [5.41, 5.74) is 5.35. The molecule has 2 aromatic carbocycles. The molecule has 0 saturated carbocycles. The Kier molecular flexibility index (Phi) is 5.62. The summed E-state index contributed by atoms with van der Waals surface area (Å²) < 4.78 is 7.77. The van der Waals surface area contributed by atoms with E-state index in [0.29, 0.717) is 24.0 Å². The molecule has 0 radical (unpaired) electrons. The molecule has 3 heterocycles. The molecule has 33 heavy (non-hydrogen) atoms. The average molecular weight is 444 g/mol. The van der Waals surface area contributed by atoms with Crippen molar-refractivity contribution in [3.8, 4) is 5.69 Å². The van der Waals surface area contributed by atoms with E-state index in [-0.39, 0.29) is 11.9 Å². The van der Waals surface area contributed by atoms with Gasteiger partial charge in [-0.1, -0.05) is 24.6 Å².